The zero-order valence-corrected chi connectivity index (χ0v) is 15.2. The van der Waals surface area contributed by atoms with Crippen LogP contribution in [0.25, 0.3) is 0 Å². The van der Waals surface area contributed by atoms with Crippen molar-refractivity contribution >= 4 is 23.4 Å². The van der Waals surface area contributed by atoms with Crippen LogP contribution >= 0.6 is 11.6 Å². The van der Waals surface area contributed by atoms with E-state index < -0.39 is 5.41 Å². The number of hydrogen-bond acceptors (Lipinski definition) is 3. The van der Waals surface area contributed by atoms with E-state index >= 15 is 0 Å². The van der Waals surface area contributed by atoms with Gasteiger partial charge in [0.05, 0.1) is 12.0 Å². The van der Waals surface area contributed by atoms with Crippen molar-refractivity contribution in [3.05, 3.63) is 34.9 Å². The molecule has 0 aromatic heterocycles. The van der Waals surface area contributed by atoms with Crippen LogP contribution < -0.4 is 5.73 Å². The number of piperazine rings is 1. The summed E-state index contributed by atoms with van der Waals surface area (Å²) in [6.45, 7) is 6.05. The van der Waals surface area contributed by atoms with Crippen LogP contribution in [0.3, 0.4) is 0 Å². The summed E-state index contributed by atoms with van der Waals surface area (Å²) in [6, 6.07) is 7.47. The first-order chi connectivity index (χ1) is 11.5. The van der Waals surface area contributed by atoms with E-state index in [1.807, 2.05) is 38.1 Å². The average molecular weight is 352 g/mol. The van der Waals surface area contributed by atoms with Crippen molar-refractivity contribution in [3.8, 4) is 0 Å². The van der Waals surface area contributed by atoms with Gasteiger partial charge in [0.2, 0.25) is 11.8 Å². The standard InChI is InChI=1S/C18H26ClN3O2/c1-3-18(4-2,13-20)17(24)22-10-9-21(16(23)12-22)11-14-5-7-15(19)8-6-14/h5-8H,3-4,9-13,20H2,1-2H3. The molecule has 1 aromatic rings. The highest BCUT2D eigenvalue weighted by Gasteiger charge is 2.39. The molecule has 2 amide bonds. The predicted molar refractivity (Wildman–Crippen MR) is 95.5 cm³/mol. The van der Waals surface area contributed by atoms with Gasteiger partial charge in [-0.05, 0) is 30.5 Å². The predicted octanol–water partition coefficient (Wildman–Crippen LogP) is 2.28. The maximum absolute atomic E-state index is 12.8. The lowest BCUT2D eigenvalue weighted by molar-refractivity contribution is -0.152. The molecule has 6 heteroatoms. The fraction of sp³-hybridized carbons (Fsp3) is 0.556. The Bertz CT molecular complexity index is 576. The van der Waals surface area contributed by atoms with Gasteiger partial charge in [-0.15, -0.1) is 0 Å². The summed E-state index contributed by atoms with van der Waals surface area (Å²) in [5.41, 5.74) is 6.35. The minimum atomic E-state index is -0.543. The van der Waals surface area contributed by atoms with E-state index in [1.165, 1.54) is 0 Å². The average Bonchev–Trinajstić information content (AvgIpc) is 2.60. The fourth-order valence-corrected chi connectivity index (χ4v) is 3.25. The quantitative estimate of drug-likeness (QED) is 0.855. The van der Waals surface area contributed by atoms with Crippen LogP contribution in [0, 0.1) is 5.41 Å². The molecule has 2 N–H and O–H groups in total. The highest BCUT2D eigenvalue weighted by Crippen LogP contribution is 2.28. The second-order valence-corrected chi connectivity index (χ2v) is 6.80. The molecular formula is C18H26ClN3O2. The molecule has 0 radical (unpaired) electrons. The molecule has 24 heavy (non-hydrogen) atoms. The number of rotatable bonds is 6. The number of carbonyl (C=O) groups is 2. The van der Waals surface area contributed by atoms with E-state index in [2.05, 4.69) is 0 Å². The van der Waals surface area contributed by atoms with Crippen LogP contribution in [0.2, 0.25) is 5.02 Å². The highest BCUT2D eigenvalue weighted by molar-refractivity contribution is 6.30. The van der Waals surface area contributed by atoms with Gasteiger partial charge in [0, 0.05) is 31.2 Å². The maximum Gasteiger partial charge on any atom is 0.242 e. The lowest BCUT2D eigenvalue weighted by atomic mass is 9.80. The Hall–Kier alpha value is -1.59. The molecule has 2 rings (SSSR count). The van der Waals surface area contributed by atoms with E-state index in [9.17, 15) is 9.59 Å². The Kier molecular flexibility index (Phi) is 6.24. The summed E-state index contributed by atoms with van der Waals surface area (Å²) < 4.78 is 0. The van der Waals surface area contributed by atoms with Crippen LogP contribution in [0.1, 0.15) is 32.3 Å². The van der Waals surface area contributed by atoms with Crippen molar-refractivity contribution in [2.24, 2.45) is 11.1 Å². The number of carbonyl (C=O) groups excluding carboxylic acids is 2. The number of nitrogens with zero attached hydrogens (tertiary/aromatic N) is 2. The second kappa shape index (κ2) is 7.99. The van der Waals surface area contributed by atoms with Gasteiger partial charge in [-0.2, -0.15) is 0 Å². The van der Waals surface area contributed by atoms with Crippen LogP contribution in [0.5, 0.6) is 0 Å². The third-order valence-corrected chi connectivity index (χ3v) is 5.34. The summed E-state index contributed by atoms with van der Waals surface area (Å²) in [6.07, 6.45) is 1.38. The molecule has 0 aliphatic carbocycles. The summed E-state index contributed by atoms with van der Waals surface area (Å²) in [5.74, 6) is -0.0165. The van der Waals surface area contributed by atoms with Gasteiger partial charge in [0.15, 0.2) is 0 Å². The zero-order valence-electron chi connectivity index (χ0n) is 14.4. The third kappa shape index (κ3) is 3.90. The SMILES string of the molecule is CCC(CC)(CN)C(=O)N1CCN(Cc2ccc(Cl)cc2)C(=O)C1. The van der Waals surface area contributed by atoms with E-state index in [1.54, 1.807) is 9.80 Å². The van der Waals surface area contributed by atoms with Gasteiger partial charge in [0.1, 0.15) is 0 Å². The fourth-order valence-electron chi connectivity index (χ4n) is 3.12. The maximum atomic E-state index is 12.8. The molecule has 1 fully saturated rings. The first-order valence-electron chi connectivity index (χ1n) is 8.47. The lowest BCUT2D eigenvalue weighted by Crippen LogP contribution is -2.56. The van der Waals surface area contributed by atoms with Crippen molar-refractivity contribution in [1.29, 1.82) is 0 Å². The zero-order chi connectivity index (χ0) is 17.7. The van der Waals surface area contributed by atoms with Crippen molar-refractivity contribution < 1.29 is 9.59 Å². The molecule has 0 atom stereocenters. The minimum Gasteiger partial charge on any atom is -0.335 e. The van der Waals surface area contributed by atoms with Gasteiger partial charge < -0.3 is 15.5 Å². The largest absolute Gasteiger partial charge is 0.335 e. The Morgan fingerprint density at radius 1 is 1.21 bits per heavy atom. The Morgan fingerprint density at radius 3 is 2.33 bits per heavy atom. The number of benzene rings is 1. The Balaban J connectivity index is 2.01. The Morgan fingerprint density at radius 2 is 1.83 bits per heavy atom. The summed E-state index contributed by atoms with van der Waals surface area (Å²) in [5, 5.41) is 0.678. The molecule has 5 nitrogen and oxygen atoms in total. The van der Waals surface area contributed by atoms with Crippen molar-refractivity contribution in [2.75, 3.05) is 26.2 Å². The van der Waals surface area contributed by atoms with Crippen molar-refractivity contribution in [3.63, 3.8) is 0 Å². The summed E-state index contributed by atoms with van der Waals surface area (Å²) in [4.78, 5) is 28.7. The molecular weight excluding hydrogens is 326 g/mol. The van der Waals surface area contributed by atoms with Gasteiger partial charge >= 0.3 is 0 Å². The monoisotopic (exact) mass is 351 g/mol. The molecule has 1 saturated heterocycles. The molecule has 1 aliphatic rings. The molecule has 0 spiro atoms. The van der Waals surface area contributed by atoms with Crippen LogP contribution in [0.15, 0.2) is 24.3 Å². The molecule has 0 saturated carbocycles. The summed E-state index contributed by atoms with van der Waals surface area (Å²) in [7, 11) is 0. The smallest absolute Gasteiger partial charge is 0.242 e. The minimum absolute atomic E-state index is 0.00879. The van der Waals surface area contributed by atoms with Gasteiger partial charge in [0.25, 0.3) is 0 Å². The van der Waals surface area contributed by atoms with E-state index in [0.717, 1.165) is 5.56 Å². The number of amides is 2. The summed E-state index contributed by atoms with van der Waals surface area (Å²) >= 11 is 5.89. The van der Waals surface area contributed by atoms with Gasteiger partial charge in [-0.3, -0.25) is 9.59 Å². The van der Waals surface area contributed by atoms with Crippen molar-refractivity contribution in [2.45, 2.75) is 33.2 Å². The van der Waals surface area contributed by atoms with Crippen LogP contribution in [0.4, 0.5) is 0 Å². The number of nitrogens with two attached hydrogens (primary N) is 1. The van der Waals surface area contributed by atoms with E-state index in [-0.39, 0.29) is 18.4 Å². The molecule has 0 bridgehead atoms. The number of hydrogen-bond donors (Lipinski definition) is 1. The molecule has 1 aliphatic heterocycles. The lowest BCUT2D eigenvalue weighted by Gasteiger charge is -2.39. The first kappa shape index (κ1) is 18.7. The third-order valence-electron chi connectivity index (χ3n) is 5.09. The topological polar surface area (TPSA) is 66.6 Å². The van der Waals surface area contributed by atoms with Gasteiger partial charge in [-0.25, -0.2) is 0 Å². The van der Waals surface area contributed by atoms with Gasteiger partial charge in [-0.1, -0.05) is 37.6 Å². The van der Waals surface area contributed by atoms with Crippen LogP contribution in [-0.4, -0.2) is 47.8 Å². The van der Waals surface area contributed by atoms with Crippen LogP contribution in [-0.2, 0) is 16.1 Å². The highest BCUT2D eigenvalue weighted by atomic mass is 35.5. The molecule has 1 aromatic carbocycles. The second-order valence-electron chi connectivity index (χ2n) is 6.36. The van der Waals surface area contributed by atoms with E-state index in [0.29, 0.717) is 44.0 Å². The Labute approximate surface area is 148 Å². The number of halogens is 1. The molecule has 1 heterocycles. The first-order valence-corrected chi connectivity index (χ1v) is 8.85. The van der Waals surface area contributed by atoms with E-state index in [4.69, 9.17) is 17.3 Å². The normalized spacial score (nSPS) is 15.8. The molecule has 132 valence electrons. The molecule has 0 unspecified atom stereocenters. The van der Waals surface area contributed by atoms with Crippen molar-refractivity contribution in [1.82, 2.24) is 9.80 Å².